The van der Waals surface area contributed by atoms with Crippen molar-refractivity contribution in [3.63, 3.8) is 0 Å². The van der Waals surface area contributed by atoms with Crippen LogP contribution in [0.4, 0.5) is 18.9 Å². The van der Waals surface area contributed by atoms with E-state index in [1.807, 2.05) is 31.2 Å². The summed E-state index contributed by atoms with van der Waals surface area (Å²) in [5, 5.41) is 2.57. The van der Waals surface area contributed by atoms with Crippen LogP contribution in [0.5, 0.6) is 5.75 Å². The summed E-state index contributed by atoms with van der Waals surface area (Å²) in [7, 11) is 0. The molecule has 8 nitrogen and oxygen atoms in total. The molecule has 2 aliphatic rings. The summed E-state index contributed by atoms with van der Waals surface area (Å²) >= 11 is 0. The average Bonchev–Trinajstić information content (AvgIpc) is 3.07. The van der Waals surface area contributed by atoms with E-state index in [1.54, 1.807) is 36.4 Å². The summed E-state index contributed by atoms with van der Waals surface area (Å²) in [6, 6.07) is 20.7. The minimum absolute atomic E-state index is 0.178. The topological polar surface area (TPSA) is 114 Å². The number of benzene rings is 3. The van der Waals surface area contributed by atoms with Gasteiger partial charge < -0.3 is 20.7 Å². The number of nitrogens with one attached hydrogen (secondary N) is 1. The maximum Gasteiger partial charge on any atom is 0.389 e. The number of nitrogens with zero attached hydrogens (tertiary/aromatic N) is 2. The van der Waals surface area contributed by atoms with Gasteiger partial charge in [0.2, 0.25) is 18.0 Å². The van der Waals surface area contributed by atoms with Gasteiger partial charge in [-0.15, -0.1) is 0 Å². The number of ether oxygens (including phenoxy) is 1. The van der Waals surface area contributed by atoms with E-state index in [-0.39, 0.29) is 13.2 Å². The molecule has 3 aromatic carbocycles. The minimum atomic E-state index is -4.59. The Morgan fingerprint density at radius 1 is 1.10 bits per heavy atom. The molecule has 42 heavy (non-hydrogen) atoms. The number of para-hydroxylation sites is 1. The highest BCUT2D eigenvalue weighted by molar-refractivity contribution is 6.21. The van der Waals surface area contributed by atoms with Crippen molar-refractivity contribution in [1.29, 1.82) is 0 Å². The molecule has 0 aliphatic carbocycles. The van der Waals surface area contributed by atoms with Gasteiger partial charge in [0.25, 0.3) is 5.91 Å². The van der Waals surface area contributed by atoms with Crippen LogP contribution in [-0.2, 0) is 14.4 Å². The van der Waals surface area contributed by atoms with Crippen molar-refractivity contribution in [2.45, 2.75) is 38.0 Å². The summed E-state index contributed by atoms with van der Waals surface area (Å²) in [5.74, 6) is -4.86. The number of aryl methyl sites for hydroxylation is 1. The van der Waals surface area contributed by atoms with Crippen LogP contribution in [0.3, 0.4) is 0 Å². The molecule has 3 atom stereocenters. The maximum absolute atomic E-state index is 13.9. The maximum atomic E-state index is 13.9. The van der Waals surface area contributed by atoms with Gasteiger partial charge in [0, 0.05) is 17.5 Å². The molecule has 3 N–H and O–H groups in total. The van der Waals surface area contributed by atoms with Crippen molar-refractivity contribution >= 4 is 29.1 Å². The smallest absolute Gasteiger partial charge is 0.389 e. The summed E-state index contributed by atoms with van der Waals surface area (Å²) in [4.78, 5) is 46.4. The summed E-state index contributed by atoms with van der Waals surface area (Å²) < 4.78 is 45.8. The molecule has 0 fully saturated rings. The predicted octanol–water partition coefficient (Wildman–Crippen LogP) is 4.24. The fourth-order valence-corrected chi connectivity index (χ4v) is 5.47. The normalized spacial score (nSPS) is 17.7. The molecule has 0 bridgehead atoms. The summed E-state index contributed by atoms with van der Waals surface area (Å²) in [5.41, 5.74) is 9.08. The SMILES string of the molecule is Cc1cccc(C2=N[C@H](NC(=O)C(CCC(F)(F)F)C(C(N)=O)c3ccccc3)C(=O)N3CCOc4cccc2c43)c1. The molecular formula is C31H29F3N4O4. The second kappa shape index (κ2) is 11.7. The number of amides is 3. The molecule has 3 amide bonds. The number of nitrogens with two attached hydrogens (primary N) is 1. The predicted molar refractivity (Wildman–Crippen MR) is 150 cm³/mol. The molecule has 0 saturated carbocycles. The Balaban J connectivity index is 1.57. The zero-order valence-corrected chi connectivity index (χ0v) is 22.7. The van der Waals surface area contributed by atoms with E-state index in [4.69, 9.17) is 10.5 Å². The second-order valence-electron chi connectivity index (χ2n) is 10.3. The largest absolute Gasteiger partial charge is 0.490 e. The van der Waals surface area contributed by atoms with Gasteiger partial charge in [0.05, 0.1) is 29.8 Å². The van der Waals surface area contributed by atoms with Gasteiger partial charge in [-0.1, -0.05) is 66.2 Å². The Morgan fingerprint density at radius 3 is 2.52 bits per heavy atom. The van der Waals surface area contributed by atoms with Crippen molar-refractivity contribution in [2.24, 2.45) is 16.6 Å². The summed E-state index contributed by atoms with van der Waals surface area (Å²) in [6.07, 6.45) is -8.10. The van der Waals surface area contributed by atoms with Crippen molar-refractivity contribution in [2.75, 3.05) is 18.1 Å². The highest BCUT2D eigenvalue weighted by atomic mass is 19.4. The first-order chi connectivity index (χ1) is 20.0. The van der Waals surface area contributed by atoms with E-state index in [0.29, 0.717) is 33.8 Å². The fourth-order valence-electron chi connectivity index (χ4n) is 5.47. The number of hydrogen-bond acceptors (Lipinski definition) is 5. The Bertz CT molecular complexity index is 1540. The first kappa shape index (κ1) is 28.8. The lowest BCUT2D eigenvalue weighted by Crippen LogP contribution is -2.51. The van der Waals surface area contributed by atoms with Crippen LogP contribution in [0, 0.1) is 12.8 Å². The third kappa shape index (κ3) is 6.00. The van der Waals surface area contributed by atoms with E-state index < -0.39 is 54.7 Å². The molecule has 5 rings (SSSR count). The number of alkyl halides is 3. The van der Waals surface area contributed by atoms with Gasteiger partial charge in [-0.25, -0.2) is 4.99 Å². The molecule has 2 aliphatic heterocycles. The van der Waals surface area contributed by atoms with E-state index in [9.17, 15) is 27.6 Å². The number of halogens is 3. The highest BCUT2D eigenvalue weighted by Gasteiger charge is 2.41. The number of anilines is 1. The van der Waals surface area contributed by atoms with Crippen LogP contribution < -0.4 is 20.7 Å². The van der Waals surface area contributed by atoms with Crippen molar-refractivity contribution in [3.8, 4) is 5.75 Å². The number of primary amides is 1. The lowest BCUT2D eigenvalue weighted by molar-refractivity contribution is -0.144. The van der Waals surface area contributed by atoms with Crippen LogP contribution in [-0.4, -0.2) is 48.9 Å². The number of hydrogen-bond donors (Lipinski definition) is 2. The Hall–Kier alpha value is -4.67. The van der Waals surface area contributed by atoms with Gasteiger partial charge >= 0.3 is 6.18 Å². The Kier molecular flexibility index (Phi) is 8.02. The first-order valence-electron chi connectivity index (χ1n) is 13.5. The molecule has 0 saturated heterocycles. The first-order valence-corrected chi connectivity index (χ1v) is 13.5. The van der Waals surface area contributed by atoms with Gasteiger partial charge in [-0.3, -0.25) is 14.4 Å². The van der Waals surface area contributed by atoms with Gasteiger partial charge in [-0.05, 0) is 31.0 Å². The lowest BCUT2D eigenvalue weighted by Gasteiger charge is -2.31. The van der Waals surface area contributed by atoms with Crippen molar-refractivity contribution in [3.05, 3.63) is 95.1 Å². The molecule has 0 radical (unpaired) electrons. The fraction of sp³-hybridized carbons (Fsp3) is 0.290. The number of rotatable bonds is 8. The van der Waals surface area contributed by atoms with Gasteiger partial charge in [0.15, 0.2) is 0 Å². The highest BCUT2D eigenvalue weighted by Crippen LogP contribution is 2.39. The third-order valence-electron chi connectivity index (χ3n) is 7.37. The molecule has 2 unspecified atom stereocenters. The quantitative estimate of drug-likeness (QED) is 0.416. The number of carbonyl (C=O) groups is 3. The minimum Gasteiger partial charge on any atom is -0.490 e. The van der Waals surface area contributed by atoms with Crippen molar-refractivity contribution in [1.82, 2.24) is 5.32 Å². The molecule has 2 heterocycles. The van der Waals surface area contributed by atoms with Crippen LogP contribution in [0.15, 0.2) is 77.8 Å². The monoisotopic (exact) mass is 578 g/mol. The number of aliphatic imine (C=N–C) groups is 1. The standard InChI is InChI=1S/C31H29F3N4O4/c1-18-7-5-10-20(17-18)25-22-11-6-12-23-26(22)38(15-16-42-23)30(41)28(36-25)37-29(40)21(13-14-31(32,33)34)24(27(35)39)19-8-3-2-4-9-19/h2-12,17,21,24,28H,13-16H2,1H3,(H2,35,39)(H,37,40)/t21?,24?,28-/m1/s1. The molecule has 0 aromatic heterocycles. The number of carbonyl (C=O) groups excluding carboxylic acids is 3. The third-order valence-corrected chi connectivity index (χ3v) is 7.37. The van der Waals surface area contributed by atoms with E-state index in [0.717, 1.165) is 5.56 Å². The average molecular weight is 579 g/mol. The van der Waals surface area contributed by atoms with Crippen LogP contribution >= 0.6 is 0 Å². The van der Waals surface area contributed by atoms with Gasteiger partial charge in [0.1, 0.15) is 12.4 Å². The van der Waals surface area contributed by atoms with Gasteiger partial charge in [-0.2, -0.15) is 13.2 Å². The van der Waals surface area contributed by atoms with E-state index in [1.165, 1.54) is 17.0 Å². The Morgan fingerprint density at radius 2 is 1.83 bits per heavy atom. The lowest BCUT2D eigenvalue weighted by atomic mass is 9.81. The van der Waals surface area contributed by atoms with Crippen molar-refractivity contribution < 1.29 is 32.3 Å². The molecule has 218 valence electrons. The summed E-state index contributed by atoms with van der Waals surface area (Å²) in [6.45, 7) is 2.28. The van der Waals surface area contributed by atoms with E-state index >= 15 is 0 Å². The molecule has 0 spiro atoms. The Labute approximate surface area is 240 Å². The second-order valence-corrected chi connectivity index (χ2v) is 10.3. The zero-order valence-electron chi connectivity index (χ0n) is 22.7. The zero-order chi connectivity index (χ0) is 30.0. The molecule has 3 aromatic rings. The van der Waals surface area contributed by atoms with E-state index in [2.05, 4.69) is 10.3 Å². The molecule has 11 heteroatoms. The van der Waals surface area contributed by atoms with Crippen LogP contribution in [0.1, 0.15) is 41.0 Å². The molecular weight excluding hydrogens is 549 g/mol. The van der Waals surface area contributed by atoms with Crippen LogP contribution in [0.25, 0.3) is 0 Å². The van der Waals surface area contributed by atoms with Crippen LogP contribution in [0.2, 0.25) is 0 Å².